The van der Waals surface area contributed by atoms with Gasteiger partial charge in [0.1, 0.15) is 0 Å². The van der Waals surface area contributed by atoms with Crippen LogP contribution in [0.25, 0.3) is 0 Å². The molecule has 2 unspecified atom stereocenters. The molecule has 2 atom stereocenters. The number of thioether (sulfide) groups is 1. The average molecular weight is 265 g/mol. The highest BCUT2D eigenvalue weighted by molar-refractivity contribution is 7.99. The quantitative estimate of drug-likeness (QED) is 0.905. The first-order valence-corrected chi connectivity index (χ1v) is 7.88. The molecule has 0 radical (unpaired) electrons. The zero-order valence-electron chi connectivity index (χ0n) is 11.3. The van der Waals surface area contributed by atoms with E-state index in [2.05, 4.69) is 30.9 Å². The monoisotopic (exact) mass is 265 g/mol. The van der Waals surface area contributed by atoms with E-state index in [9.17, 15) is 5.11 Å². The van der Waals surface area contributed by atoms with E-state index >= 15 is 0 Å². The molecular weight excluding hydrogens is 242 g/mol. The van der Waals surface area contributed by atoms with Crippen LogP contribution in [-0.4, -0.2) is 40.6 Å². The van der Waals surface area contributed by atoms with Crippen LogP contribution in [0.1, 0.15) is 30.6 Å². The SMILES string of the molecule is Cc1ccc(C(O)CCN2CCSCC2C)cc1. The van der Waals surface area contributed by atoms with Crippen LogP contribution in [-0.2, 0) is 0 Å². The lowest BCUT2D eigenvalue weighted by Crippen LogP contribution is -2.41. The van der Waals surface area contributed by atoms with Crippen molar-refractivity contribution in [1.29, 1.82) is 0 Å². The fraction of sp³-hybridized carbons (Fsp3) is 0.600. The Bertz CT molecular complexity index is 365. The van der Waals surface area contributed by atoms with Gasteiger partial charge in [0.25, 0.3) is 0 Å². The molecule has 18 heavy (non-hydrogen) atoms. The summed E-state index contributed by atoms with van der Waals surface area (Å²) in [6.45, 7) is 6.51. The molecule has 1 saturated heterocycles. The Hall–Kier alpha value is -0.510. The second-order valence-corrected chi connectivity index (χ2v) is 6.32. The first-order chi connectivity index (χ1) is 8.66. The number of benzene rings is 1. The van der Waals surface area contributed by atoms with Crippen molar-refractivity contribution in [3.05, 3.63) is 35.4 Å². The standard InChI is InChI=1S/C15H23NOS/c1-12-3-5-14(6-4-12)15(17)7-8-16-9-10-18-11-13(16)2/h3-6,13,15,17H,7-11H2,1-2H3. The van der Waals surface area contributed by atoms with E-state index < -0.39 is 0 Å². The zero-order valence-corrected chi connectivity index (χ0v) is 12.1. The Morgan fingerprint density at radius 3 is 2.78 bits per heavy atom. The number of aliphatic hydroxyl groups excluding tert-OH is 1. The van der Waals surface area contributed by atoms with Gasteiger partial charge in [-0.3, -0.25) is 4.90 Å². The van der Waals surface area contributed by atoms with Crippen LogP contribution in [0, 0.1) is 6.92 Å². The Balaban J connectivity index is 1.83. The molecule has 100 valence electrons. The third-order valence-electron chi connectivity index (χ3n) is 3.66. The Labute approximate surface area is 114 Å². The predicted molar refractivity (Wildman–Crippen MR) is 79.1 cm³/mol. The van der Waals surface area contributed by atoms with Gasteiger partial charge in [-0.15, -0.1) is 0 Å². The second kappa shape index (κ2) is 6.60. The van der Waals surface area contributed by atoms with Gasteiger partial charge in [-0.25, -0.2) is 0 Å². The van der Waals surface area contributed by atoms with Crippen molar-refractivity contribution < 1.29 is 5.11 Å². The minimum atomic E-state index is -0.327. The van der Waals surface area contributed by atoms with Gasteiger partial charge in [-0.2, -0.15) is 11.8 Å². The molecule has 0 amide bonds. The second-order valence-electron chi connectivity index (χ2n) is 5.18. The van der Waals surface area contributed by atoms with Crippen molar-refractivity contribution in [2.45, 2.75) is 32.4 Å². The van der Waals surface area contributed by atoms with E-state index in [-0.39, 0.29) is 6.10 Å². The molecule has 2 nitrogen and oxygen atoms in total. The normalized spacial score (nSPS) is 22.9. The number of hydrogen-bond donors (Lipinski definition) is 1. The number of aryl methyl sites for hydroxylation is 1. The molecule has 1 heterocycles. The maximum Gasteiger partial charge on any atom is 0.0802 e. The topological polar surface area (TPSA) is 23.5 Å². The fourth-order valence-corrected chi connectivity index (χ4v) is 3.42. The molecular formula is C15H23NOS. The van der Waals surface area contributed by atoms with Crippen molar-refractivity contribution in [3.8, 4) is 0 Å². The summed E-state index contributed by atoms with van der Waals surface area (Å²) in [5.41, 5.74) is 2.28. The predicted octanol–water partition coefficient (Wildman–Crippen LogP) is 2.86. The van der Waals surface area contributed by atoms with Gasteiger partial charge in [0, 0.05) is 30.6 Å². The van der Waals surface area contributed by atoms with E-state index in [0.717, 1.165) is 25.1 Å². The average Bonchev–Trinajstić information content (AvgIpc) is 2.38. The zero-order chi connectivity index (χ0) is 13.0. The van der Waals surface area contributed by atoms with Crippen molar-refractivity contribution >= 4 is 11.8 Å². The number of hydrogen-bond acceptors (Lipinski definition) is 3. The summed E-state index contributed by atoms with van der Waals surface area (Å²) >= 11 is 2.03. The highest BCUT2D eigenvalue weighted by atomic mass is 32.2. The fourth-order valence-electron chi connectivity index (χ4n) is 2.34. The summed E-state index contributed by atoms with van der Waals surface area (Å²) in [4.78, 5) is 2.49. The molecule has 0 aliphatic carbocycles. The van der Waals surface area contributed by atoms with Gasteiger partial charge in [0.05, 0.1) is 6.10 Å². The van der Waals surface area contributed by atoms with E-state index in [1.807, 2.05) is 23.9 Å². The molecule has 0 aromatic heterocycles. The van der Waals surface area contributed by atoms with Crippen LogP contribution >= 0.6 is 11.8 Å². The van der Waals surface area contributed by atoms with Crippen molar-refractivity contribution in [3.63, 3.8) is 0 Å². The highest BCUT2D eigenvalue weighted by Gasteiger charge is 2.19. The molecule has 1 fully saturated rings. The molecule has 0 saturated carbocycles. The summed E-state index contributed by atoms with van der Waals surface area (Å²) in [7, 11) is 0. The molecule has 1 N–H and O–H groups in total. The lowest BCUT2D eigenvalue weighted by molar-refractivity contribution is 0.133. The van der Waals surface area contributed by atoms with Crippen molar-refractivity contribution in [2.75, 3.05) is 24.6 Å². The molecule has 2 rings (SSSR count). The number of nitrogens with zero attached hydrogens (tertiary/aromatic N) is 1. The molecule has 1 aromatic rings. The Kier molecular flexibility index (Phi) is 5.10. The Morgan fingerprint density at radius 1 is 1.39 bits per heavy atom. The third kappa shape index (κ3) is 3.74. The molecule has 0 spiro atoms. The summed E-state index contributed by atoms with van der Waals surface area (Å²) < 4.78 is 0. The van der Waals surface area contributed by atoms with Gasteiger partial charge in [-0.1, -0.05) is 29.8 Å². The first-order valence-electron chi connectivity index (χ1n) is 6.73. The van der Waals surface area contributed by atoms with E-state index in [4.69, 9.17) is 0 Å². The molecule has 1 aliphatic rings. The maximum absolute atomic E-state index is 10.2. The molecule has 3 heteroatoms. The molecule has 1 aromatic carbocycles. The van der Waals surface area contributed by atoms with Gasteiger partial charge >= 0.3 is 0 Å². The minimum Gasteiger partial charge on any atom is -0.388 e. The van der Waals surface area contributed by atoms with Gasteiger partial charge in [-0.05, 0) is 25.8 Å². The van der Waals surface area contributed by atoms with Crippen LogP contribution in [0.2, 0.25) is 0 Å². The van der Waals surface area contributed by atoms with E-state index in [0.29, 0.717) is 6.04 Å². The van der Waals surface area contributed by atoms with Gasteiger partial charge < -0.3 is 5.11 Å². The van der Waals surface area contributed by atoms with Gasteiger partial charge in [0.2, 0.25) is 0 Å². The van der Waals surface area contributed by atoms with Crippen molar-refractivity contribution in [1.82, 2.24) is 4.90 Å². The lowest BCUT2D eigenvalue weighted by Gasteiger charge is -2.33. The van der Waals surface area contributed by atoms with Crippen LogP contribution < -0.4 is 0 Å². The van der Waals surface area contributed by atoms with Gasteiger partial charge in [0.15, 0.2) is 0 Å². The van der Waals surface area contributed by atoms with Crippen LogP contribution in [0.4, 0.5) is 0 Å². The summed E-state index contributed by atoms with van der Waals surface area (Å²) in [5, 5.41) is 10.2. The third-order valence-corrected chi connectivity index (χ3v) is 4.85. The molecule has 1 aliphatic heterocycles. The first kappa shape index (κ1) is 13.9. The Morgan fingerprint density at radius 2 is 2.11 bits per heavy atom. The van der Waals surface area contributed by atoms with Crippen LogP contribution in [0.3, 0.4) is 0 Å². The van der Waals surface area contributed by atoms with Crippen LogP contribution in [0.5, 0.6) is 0 Å². The lowest BCUT2D eigenvalue weighted by atomic mass is 10.0. The minimum absolute atomic E-state index is 0.327. The van der Waals surface area contributed by atoms with E-state index in [1.165, 1.54) is 17.1 Å². The summed E-state index contributed by atoms with van der Waals surface area (Å²) in [5.74, 6) is 2.45. The van der Waals surface area contributed by atoms with Crippen molar-refractivity contribution in [2.24, 2.45) is 0 Å². The number of rotatable bonds is 4. The number of aliphatic hydroxyl groups is 1. The smallest absolute Gasteiger partial charge is 0.0802 e. The highest BCUT2D eigenvalue weighted by Crippen LogP contribution is 2.21. The van der Waals surface area contributed by atoms with E-state index in [1.54, 1.807) is 0 Å². The summed E-state index contributed by atoms with van der Waals surface area (Å²) in [6.07, 6.45) is 0.505. The molecule has 0 bridgehead atoms. The largest absolute Gasteiger partial charge is 0.388 e. The maximum atomic E-state index is 10.2. The van der Waals surface area contributed by atoms with Crippen LogP contribution in [0.15, 0.2) is 24.3 Å². The summed E-state index contributed by atoms with van der Waals surface area (Å²) in [6, 6.07) is 8.86.